The molecule has 4 nitrogen and oxygen atoms in total. The third-order valence-electron chi connectivity index (χ3n) is 3.23. The average Bonchev–Trinajstić information content (AvgIpc) is 2.53. The van der Waals surface area contributed by atoms with Gasteiger partial charge in [-0.1, -0.05) is 36.5 Å². The molecule has 21 heavy (non-hydrogen) atoms. The van der Waals surface area contributed by atoms with E-state index in [4.69, 9.17) is 18.0 Å². The highest BCUT2D eigenvalue weighted by atomic mass is 32.1. The summed E-state index contributed by atoms with van der Waals surface area (Å²) in [6.45, 7) is 0.635. The summed E-state index contributed by atoms with van der Waals surface area (Å²) in [5.41, 5.74) is 9.24. The van der Waals surface area contributed by atoms with E-state index in [1.54, 1.807) is 12.4 Å². The lowest BCUT2D eigenvalue weighted by atomic mass is 10.1. The fraction of sp³-hybridized carbons (Fsp3) is 0.0625. The Bertz CT molecular complexity index is 796. The number of anilines is 1. The van der Waals surface area contributed by atoms with Crippen molar-refractivity contribution >= 4 is 33.8 Å². The SMILES string of the molecule is NC(=S)c1ncccc1NCc1cccc2cccnc12. The van der Waals surface area contributed by atoms with Crippen LogP contribution in [0.5, 0.6) is 0 Å². The molecule has 0 saturated carbocycles. The van der Waals surface area contributed by atoms with Gasteiger partial charge in [-0.2, -0.15) is 0 Å². The number of para-hydroxylation sites is 1. The molecular formula is C16H14N4S. The van der Waals surface area contributed by atoms with Gasteiger partial charge in [0.2, 0.25) is 0 Å². The molecule has 0 bridgehead atoms. The number of pyridine rings is 2. The molecule has 0 aliphatic carbocycles. The standard InChI is InChI=1S/C16H14N4S/c17-16(21)15-13(7-3-9-19-15)20-10-12-5-1-4-11-6-2-8-18-14(11)12/h1-9,20H,10H2,(H2,17,21). The van der Waals surface area contributed by atoms with E-state index in [0.29, 0.717) is 12.2 Å². The first-order valence-electron chi connectivity index (χ1n) is 6.57. The van der Waals surface area contributed by atoms with E-state index in [1.165, 1.54) is 0 Å². The van der Waals surface area contributed by atoms with Gasteiger partial charge in [0.05, 0.1) is 11.2 Å². The van der Waals surface area contributed by atoms with Gasteiger partial charge in [-0.15, -0.1) is 0 Å². The molecule has 0 aliphatic heterocycles. The summed E-state index contributed by atoms with van der Waals surface area (Å²) >= 11 is 5.02. The summed E-state index contributed by atoms with van der Waals surface area (Å²) < 4.78 is 0. The highest BCUT2D eigenvalue weighted by Crippen LogP contribution is 2.18. The summed E-state index contributed by atoms with van der Waals surface area (Å²) in [6, 6.07) is 13.9. The van der Waals surface area contributed by atoms with Gasteiger partial charge in [0.25, 0.3) is 0 Å². The van der Waals surface area contributed by atoms with Crippen LogP contribution < -0.4 is 11.1 Å². The van der Waals surface area contributed by atoms with E-state index < -0.39 is 0 Å². The molecule has 0 amide bonds. The van der Waals surface area contributed by atoms with Gasteiger partial charge in [-0.05, 0) is 23.8 Å². The minimum absolute atomic E-state index is 0.286. The number of thiocarbonyl (C=S) groups is 1. The van der Waals surface area contributed by atoms with Gasteiger partial charge >= 0.3 is 0 Å². The summed E-state index contributed by atoms with van der Waals surface area (Å²) in [6.07, 6.45) is 3.48. The number of rotatable bonds is 4. The van der Waals surface area contributed by atoms with Crippen LogP contribution in [0.25, 0.3) is 10.9 Å². The smallest absolute Gasteiger partial charge is 0.124 e. The number of nitrogens with one attached hydrogen (secondary N) is 1. The van der Waals surface area contributed by atoms with Crippen molar-refractivity contribution in [2.45, 2.75) is 6.54 Å². The third kappa shape index (κ3) is 2.83. The molecule has 0 aliphatic rings. The molecule has 0 unspecified atom stereocenters. The number of hydrogen-bond donors (Lipinski definition) is 2. The quantitative estimate of drug-likeness (QED) is 0.724. The lowest BCUT2D eigenvalue weighted by Gasteiger charge is -2.11. The van der Waals surface area contributed by atoms with Crippen molar-refractivity contribution in [3.63, 3.8) is 0 Å². The Hall–Kier alpha value is -2.53. The van der Waals surface area contributed by atoms with Crippen molar-refractivity contribution in [3.8, 4) is 0 Å². The molecule has 0 atom stereocenters. The Morgan fingerprint density at radius 2 is 1.81 bits per heavy atom. The van der Waals surface area contributed by atoms with Gasteiger partial charge < -0.3 is 11.1 Å². The van der Waals surface area contributed by atoms with Crippen LogP contribution in [0.1, 0.15) is 11.3 Å². The average molecular weight is 294 g/mol. The molecule has 0 saturated heterocycles. The van der Waals surface area contributed by atoms with Gasteiger partial charge in [0, 0.05) is 24.3 Å². The van der Waals surface area contributed by atoms with Crippen molar-refractivity contribution < 1.29 is 0 Å². The minimum atomic E-state index is 0.286. The van der Waals surface area contributed by atoms with Crippen LogP contribution in [0.4, 0.5) is 5.69 Å². The summed E-state index contributed by atoms with van der Waals surface area (Å²) in [5, 5.41) is 4.46. The Labute approximate surface area is 128 Å². The molecular weight excluding hydrogens is 280 g/mol. The fourth-order valence-electron chi connectivity index (χ4n) is 2.24. The van der Waals surface area contributed by atoms with E-state index in [9.17, 15) is 0 Å². The molecule has 2 heterocycles. The normalized spacial score (nSPS) is 10.5. The van der Waals surface area contributed by atoms with Crippen molar-refractivity contribution in [1.82, 2.24) is 9.97 Å². The summed E-state index contributed by atoms with van der Waals surface area (Å²) in [7, 11) is 0. The monoisotopic (exact) mass is 294 g/mol. The predicted molar refractivity (Wildman–Crippen MR) is 89.2 cm³/mol. The van der Waals surface area contributed by atoms with Crippen LogP contribution in [0, 0.1) is 0 Å². The predicted octanol–water partition coefficient (Wildman–Crippen LogP) is 2.88. The largest absolute Gasteiger partial charge is 0.388 e. The maximum Gasteiger partial charge on any atom is 0.124 e. The van der Waals surface area contributed by atoms with Crippen molar-refractivity contribution in [3.05, 3.63) is 66.1 Å². The Morgan fingerprint density at radius 1 is 1.05 bits per heavy atom. The van der Waals surface area contributed by atoms with Gasteiger partial charge in [0.15, 0.2) is 0 Å². The van der Waals surface area contributed by atoms with Crippen LogP contribution in [0.15, 0.2) is 54.9 Å². The first-order valence-corrected chi connectivity index (χ1v) is 6.98. The van der Waals surface area contributed by atoms with Gasteiger partial charge in [-0.3, -0.25) is 9.97 Å². The number of nitrogens with two attached hydrogens (primary N) is 1. The molecule has 0 radical (unpaired) electrons. The van der Waals surface area contributed by atoms with E-state index in [-0.39, 0.29) is 4.99 Å². The van der Waals surface area contributed by atoms with Crippen LogP contribution in [-0.4, -0.2) is 15.0 Å². The molecule has 3 aromatic rings. The van der Waals surface area contributed by atoms with Crippen molar-refractivity contribution in [2.24, 2.45) is 5.73 Å². The second-order valence-corrected chi connectivity index (χ2v) is 5.05. The molecule has 2 aromatic heterocycles. The van der Waals surface area contributed by atoms with Gasteiger partial charge in [-0.25, -0.2) is 0 Å². The molecule has 3 rings (SSSR count). The maximum atomic E-state index is 5.69. The van der Waals surface area contributed by atoms with E-state index in [2.05, 4.69) is 33.5 Å². The Kier molecular flexibility index (Phi) is 3.75. The molecule has 3 N–H and O–H groups in total. The van der Waals surface area contributed by atoms with Crippen LogP contribution >= 0.6 is 12.2 Å². The van der Waals surface area contributed by atoms with E-state index in [0.717, 1.165) is 22.2 Å². The molecule has 0 spiro atoms. The van der Waals surface area contributed by atoms with Crippen LogP contribution in [0.3, 0.4) is 0 Å². The molecule has 0 fully saturated rings. The highest BCUT2D eigenvalue weighted by Gasteiger charge is 2.07. The Balaban J connectivity index is 1.89. The lowest BCUT2D eigenvalue weighted by Crippen LogP contribution is -2.15. The minimum Gasteiger partial charge on any atom is -0.388 e. The zero-order chi connectivity index (χ0) is 14.7. The topological polar surface area (TPSA) is 63.8 Å². The summed E-state index contributed by atoms with van der Waals surface area (Å²) in [5.74, 6) is 0. The first-order chi connectivity index (χ1) is 10.3. The third-order valence-corrected chi connectivity index (χ3v) is 3.42. The summed E-state index contributed by atoms with van der Waals surface area (Å²) in [4.78, 5) is 8.94. The van der Waals surface area contributed by atoms with Crippen LogP contribution in [-0.2, 0) is 6.54 Å². The first kappa shape index (κ1) is 13.5. The highest BCUT2D eigenvalue weighted by molar-refractivity contribution is 7.80. The lowest BCUT2D eigenvalue weighted by molar-refractivity contribution is 1.13. The second-order valence-electron chi connectivity index (χ2n) is 4.61. The zero-order valence-electron chi connectivity index (χ0n) is 11.3. The molecule has 1 aromatic carbocycles. The van der Waals surface area contributed by atoms with Crippen molar-refractivity contribution in [1.29, 1.82) is 0 Å². The Morgan fingerprint density at radius 3 is 2.67 bits per heavy atom. The zero-order valence-corrected chi connectivity index (χ0v) is 12.1. The van der Waals surface area contributed by atoms with Crippen LogP contribution in [0.2, 0.25) is 0 Å². The van der Waals surface area contributed by atoms with Crippen molar-refractivity contribution in [2.75, 3.05) is 5.32 Å². The van der Waals surface area contributed by atoms with E-state index in [1.807, 2.05) is 24.3 Å². The number of benzene rings is 1. The number of aromatic nitrogens is 2. The second kappa shape index (κ2) is 5.85. The van der Waals surface area contributed by atoms with E-state index >= 15 is 0 Å². The van der Waals surface area contributed by atoms with Gasteiger partial charge in [0.1, 0.15) is 10.7 Å². The maximum absolute atomic E-state index is 5.69. The molecule has 104 valence electrons. The number of nitrogens with zero attached hydrogens (tertiary/aromatic N) is 2. The number of hydrogen-bond acceptors (Lipinski definition) is 4. The number of fused-ring (bicyclic) bond motifs is 1. The molecule has 5 heteroatoms. The fourth-order valence-corrected chi connectivity index (χ4v) is 2.41.